The van der Waals surface area contributed by atoms with Crippen molar-refractivity contribution in [2.45, 2.75) is 24.4 Å². The fraction of sp³-hybridized carbons (Fsp3) is 0.286. The third-order valence-electron chi connectivity index (χ3n) is 4.78. The van der Waals surface area contributed by atoms with Crippen molar-refractivity contribution in [3.63, 3.8) is 0 Å². The first kappa shape index (κ1) is 18.7. The number of carbonyl (C=O) groups excluding carboxylic acids is 1. The molecule has 3 aromatic rings. The van der Waals surface area contributed by atoms with Crippen LogP contribution in [0.2, 0.25) is 0 Å². The Hall–Kier alpha value is -2.67. The van der Waals surface area contributed by atoms with Crippen LogP contribution in [0.1, 0.15) is 29.6 Å². The predicted octanol–water partition coefficient (Wildman–Crippen LogP) is 4.37. The first-order valence-corrected chi connectivity index (χ1v) is 10.4. The van der Waals surface area contributed by atoms with E-state index in [1.165, 1.54) is 30.3 Å². The van der Waals surface area contributed by atoms with Crippen LogP contribution in [-0.4, -0.2) is 39.4 Å². The number of ketones is 1. The quantitative estimate of drug-likeness (QED) is 0.457. The summed E-state index contributed by atoms with van der Waals surface area (Å²) in [6.07, 6.45) is 3.50. The van der Waals surface area contributed by atoms with Crippen LogP contribution in [0, 0.1) is 5.82 Å². The van der Waals surface area contributed by atoms with Gasteiger partial charge in [0, 0.05) is 13.1 Å². The molecule has 5 nitrogen and oxygen atoms in total. The first-order chi connectivity index (χ1) is 13.7. The highest BCUT2D eigenvalue weighted by molar-refractivity contribution is 7.99. The van der Waals surface area contributed by atoms with E-state index in [-0.39, 0.29) is 17.1 Å². The second-order valence-corrected chi connectivity index (χ2v) is 7.64. The van der Waals surface area contributed by atoms with E-state index in [0.29, 0.717) is 5.16 Å². The average molecular weight is 396 g/mol. The van der Waals surface area contributed by atoms with Crippen molar-refractivity contribution in [2.24, 2.45) is 0 Å². The Morgan fingerprint density at radius 3 is 2.43 bits per heavy atom. The van der Waals surface area contributed by atoms with E-state index in [1.807, 2.05) is 34.9 Å². The molecule has 0 N–H and O–H groups in total. The topological polar surface area (TPSA) is 51.0 Å². The lowest BCUT2D eigenvalue weighted by molar-refractivity contribution is 0.101. The van der Waals surface area contributed by atoms with Crippen LogP contribution in [0.5, 0.6) is 0 Å². The molecular formula is C21H21FN4OS. The van der Waals surface area contributed by atoms with E-state index in [9.17, 15) is 9.18 Å². The van der Waals surface area contributed by atoms with Crippen LogP contribution >= 0.6 is 11.8 Å². The lowest BCUT2D eigenvalue weighted by Crippen LogP contribution is -2.31. The molecule has 0 atom stereocenters. The molecule has 1 saturated heterocycles. The Kier molecular flexibility index (Phi) is 5.71. The van der Waals surface area contributed by atoms with Gasteiger partial charge in [-0.3, -0.25) is 9.36 Å². The maximum absolute atomic E-state index is 13.9. The number of thioether (sulfide) groups is 1. The highest BCUT2D eigenvalue weighted by Crippen LogP contribution is 2.28. The van der Waals surface area contributed by atoms with E-state index in [0.717, 1.165) is 37.6 Å². The van der Waals surface area contributed by atoms with E-state index >= 15 is 0 Å². The number of piperidine rings is 1. The van der Waals surface area contributed by atoms with Crippen LogP contribution in [-0.2, 0) is 0 Å². The lowest BCUT2D eigenvalue weighted by atomic mass is 10.1. The van der Waals surface area contributed by atoms with Gasteiger partial charge in [-0.2, -0.15) is 0 Å². The third-order valence-corrected chi connectivity index (χ3v) is 5.71. The summed E-state index contributed by atoms with van der Waals surface area (Å²) in [4.78, 5) is 14.7. The number of hydrogen-bond donors (Lipinski definition) is 0. The summed E-state index contributed by atoms with van der Waals surface area (Å²) in [7, 11) is 0. The lowest BCUT2D eigenvalue weighted by Gasteiger charge is -2.27. The third kappa shape index (κ3) is 3.94. The minimum atomic E-state index is -0.494. The second-order valence-electron chi connectivity index (χ2n) is 6.69. The van der Waals surface area contributed by atoms with Crippen LogP contribution in [0.25, 0.3) is 5.69 Å². The van der Waals surface area contributed by atoms with Gasteiger partial charge in [0.25, 0.3) is 0 Å². The van der Waals surface area contributed by atoms with Gasteiger partial charge >= 0.3 is 0 Å². The molecule has 0 unspecified atom stereocenters. The molecule has 1 aromatic heterocycles. The molecule has 144 valence electrons. The molecule has 0 amide bonds. The number of aromatic nitrogens is 3. The molecule has 1 fully saturated rings. The first-order valence-electron chi connectivity index (χ1n) is 9.40. The standard InChI is InChI=1S/C21H21FN4OS/c22-18-12-6-5-11-17(18)19(27)15-28-21-24-23-20(25-13-7-2-8-14-25)26(21)16-9-3-1-4-10-16/h1,3-6,9-12H,2,7-8,13-15H2. The molecule has 1 aliphatic heterocycles. The van der Waals surface area contributed by atoms with E-state index in [2.05, 4.69) is 15.1 Å². The molecule has 0 saturated carbocycles. The number of Topliss-reactive ketones (excluding diaryl/α,β-unsaturated/α-hetero) is 1. The highest BCUT2D eigenvalue weighted by atomic mass is 32.2. The molecule has 1 aliphatic rings. The monoisotopic (exact) mass is 396 g/mol. The number of halogens is 1. The number of carbonyl (C=O) groups is 1. The van der Waals surface area contributed by atoms with Gasteiger partial charge in [0.15, 0.2) is 10.9 Å². The van der Waals surface area contributed by atoms with Gasteiger partial charge in [-0.25, -0.2) is 4.39 Å². The molecule has 28 heavy (non-hydrogen) atoms. The summed E-state index contributed by atoms with van der Waals surface area (Å²) >= 11 is 1.28. The van der Waals surface area contributed by atoms with E-state index in [4.69, 9.17) is 0 Å². The molecule has 0 spiro atoms. The number of hydrogen-bond acceptors (Lipinski definition) is 5. The van der Waals surface area contributed by atoms with Crippen LogP contribution in [0.15, 0.2) is 59.8 Å². The van der Waals surface area contributed by atoms with Gasteiger partial charge < -0.3 is 4.90 Å². The van der Waals surface area contributed by atoms with Gasteiger partial charge in [-0.05, 0) is 43.5 Å². The zero-order valence-corrected chi connectivity index (χ0v) is 16.2. The van der Waals surface area contributed by atoms with E-state index in [1.54, 1.807) is 12.1 Å². The van der Waals surface area contributed by atoms with Gasteiger partial charge in [-0.15, -0.1) is 10.2 Å². The molecule has 0 radical (unpaired) electrons. The SMILES string of the molecule is O=C(CSc1nnc(N2CCCCC2)n1-c1ccccc1)c1ccccc1F. The fourth-order valence-corrected chi connectivity index (χ4v) is 4.18. The summed E-state index contributed by atoms with van der Waals surface area (Å²) in [5.74, 6) is 0.148. The van der Waals surface area contributed by atoms with Gasteiger partial charge in [0.2, 0.25) is 5.95 Å². The Balaban J connectivity index is 1.61. The largest absolute Gasteiger partial charge is 0.341 e. The summed E-state index contributed by atoms with van der Waals surface area (Å²) in [5.41, 5.74) is 1.06. The highest BCUT2D eigenvalue weighted by Gasteiger charge is 2.22. The molecule has 7 heteroatoms. The van der Waals surface area contributed by atoms with Crippen molar-refractivity contribution in [1.29, 1.82) is 0 Å². The zero-order valence-electron chi connectivity index (χ0n) is 15.4. The molecule has 0 aliphatic carbocycles. The number of rotatable bonds is 6. The van der Waals surface area contributed by atoms with Crippen molar-refractivity contribution in [2.75, 3.05) is 23.7 Å². The number of nitrogens with zero attached hydrogens (tertiary/aromatic N) is 4. The number of benzene rings is 2. The maximum atomic E-state index is 13.9. The van der Waals surface area contributed by atoms with Crippen molar-refractivity contribution >= 4 is 23.5 Å². The van der Waals surface area contributed by atoms with Gasteiger partial charge in [0.1, 0.15) is 5.82 Å². The molecule has 2 heterocycles. The molecule has 2 aromatic carbocycles. The van der Waals surface area contributed by atoms with Crippen molar-refractivity contribution < 1.29 is 9.18 Å². The molecular weight excluding hydrogens is 375 g/mol. The Labute approximate surface area is 167 Å². The van der Waals surface area contributed by atoms with Gasteiger partial charge in [-0.1, -0.05) is 42.1 Å². The minimum Gasteiger partial charge on any atom is -0.341 e. The van der Waals surface area contributed by atoms with Crippen molar-refractivity contribution in [3.05, 3.63) is 66.0 Å². The summed E-state index contributed by atoms with van der Waals surface area (Å²) in [6, 6.07) is 16.0. The van der Waals surface area contributed by atoms with Gasteiger partial charge in [0.05, 0.1) is 17.0 Å². The Morgan fingerprint density at radius 2 is 1.68 bits per heavy atom. The van der Waals surface area contributed by atoms with Crippen LogP contribution < -0.4 is 4.90 Å². The van der Waals surface area contributed by atoms with Crippen molar-refractivity contribution in [1.82, 2.24) is 14.8 Å². The van der Waals surface area contributed by atoms with Crippen LogP contribution in [0.4, 0.5) is 10.3 Å². The smallest absolute Gasteiger partial charge is 0.232 e. The number of para-hydroxylation sites is 1. The summed E-state index contributed by atoms with van der Waals surface area (Å²) in [6.45, 7) is 1.90. The zero-order chi connectivity index (χ0) is 19.3. The molecule has 0 bridgehead atoms. The fourth-order valence-electron chi connectivity index (χ4n) is 3.35. The average Bonchev–Trinajstić information content (AvgIpc) is 3.17. The number of anilines is 1. The van der Waals surface area contributed by atoms with Crippen molar-refractivity contribution in [3.8, 4) is 5.69 Å². The Bertz CT molecular complexity index is 954. The van der Waals surface area contributed by atoms with Crippen LogP contribution in [0.3, 0.4) is 0 Å². The van der Waals surface area contributed by atoms with E-state index < -0.39 is 5.82 Å². The maximum Gasteiger partial charge on any atom is 0.232 e. The predicted molar refractivity (Wildman–Crippen MR) is 109 cm³/mol. The minimum absolute atomic E-state index is 0.103. The Morgan fingerprint density at radius 1 is 0.964 bits per heavy atom. The summed E-state index contributed by atoms with van der Waals surface area (Å²) in [5, 5.41) is 9.40. The summed E-state index contributed by atoms with van der Waals surface area (Å²) < 4.78 is 15.9. The normalized spacial score (nSPS) is 14.2. The second kappa shape index (κ2) is 8.56. The molecule has 4 rings (SSSR count).